The minimum atomic E-state index is -1.31. The summed E-state index contributed by atoms with van der Waals surface area (Å²) in [5, 5.41) is 23.8. The highest BCUT2D eigenvalue weighted by Crippen LogP contribution is 2.33. The number of likely N-dealkylation sites (N-methyl/N-ethyl adjacent to an activating group) is 1. The molecule has 0 radical (unpaired) electrons. The molecule has 0 saturated carbocycles. The lowest BCUT2D eigenvalue weighted by molar-refractivity contribution is -0.148. The van der Waals surface area contributed by atoms with Gasteiger partial charge in [0.05, 0.1) is 46.7 Å². The van der Waals surface area contributed by atoms with Gasteiger partial charge >= 0.3 is 6.09 Å². The van der Waals surface area contributed by atoms with E-state index >= 15 is 0 Å². The van der Waals surface area contributed by atoms with Gasteiger partial charge in [-0.25, -0.2) is 9.78 Å². The molecule has 3 saturated heterocycles. The summed E-state index contributed by atoms with van der Waals surface area (Å²) in [7, 11) is 1.44. The van der Waals surface area contributed by atoms with Crippen LogP contribution < -0.4 is 16.0 Å². The van der Waals surface area contributed by atoms with Gasteiger partial charge in [-0.2, -0.15) is 0 Å². The number of carbonyl (C=O) groups is 7. The zero-order chi connectivity index (χ0) is 51.0. The number of nitrogens with one attached hydrogen (secondary N) is 3. The molecule has 70 heavy (non-hydrogen) atoms. The Morgan fingerprint density at radius 1 is 0.957 bits per heavy atom. The van der Waals surface area contributed by atoms with Crippen molar-refractivity contribution in [3.05, 3.63) is 70.5 Å². The van der Waals surface area contributed by atoms with E-state index in [9.17, 15) is 38.7 Å². The summed E-state index contributed by atoms with van der Waals surface area (Å²) >= 11 is 1.55. The molecule has 5 heterocycles. The summed E-state index contributed by atoms with van der Waals surface area (Å²) in [5.41, 5.74) is 4.21. The molecule has 2 aromatic heterocycles. The van der Waals surface area contributed by atoms with Crippen molar-refractivity contribution in [3.63, 3.8) is 0 Å². The van der Waals surface area contributed by atoms with E-state index in [0.29, 0.717) is 23.8 Å². The summed E-state index contributed by atoms with van der Waals surface area (Å²) in [6.45, 7) is 15.3. The van der Waals surface area contributed by atoms with Crippen molar-refractivity contribution in [2.75, 3.05) is 33.2 Å². The van der Waals surface area contributed by atoms with Gasteiger partial charge in [0, 0.05) is 32.6 Å². The third kappa shape index (κ3) is 11.4. The van der Waals surface area contributed by atoms with E-state index in [1.165, 1.54) is 26.6 Å². The van der Waals surface area contributed by atoms with Crippen LogP contribution in [-0.4, -0.2) is 152 Å². The highest BCUT2D eigenvalue weighted by atomic mass is 32.1. The SMILES string of the molecule is Cc1ccc2onc(C(=O)N3CC[C@H]4CC[C@@H](C(=O)N(C)CC(=O)N[C@H](C(=O)N5C[C@H](O)C[C@H]5C(=O)N[C@@H](C)c5ccc(-c6scnc6C)cc5)C(C)(C)C)N4C(=O)[C@@H](NC(=O)OC(C)(C)C)C3)c2c1. The molecule has 7 atom stereocenters. The molecular formula is C50H65N9O10S. The largest absolute Gasteiger partial charge is 0.444 e. The zero-order valence-electron chi connectivity index (χ0n) is 41.5. The van der Waals surface area contributed by atoms with Crippen molar-refractivity contribution in [1.82, 2.24) is 45.7 Å². The molecule has 3 aliphatic heterocycles. The molecular weight excluding hydrogens is 919 g/mol. The number of nitrogens with zero attached hydrogens (tertiary/aromatic N) is 6. The van der Waals surface area contributed by atoms with Crippen LogP contribution in [-0.2, 0) is 28.7 Å². The fraction of sp³-hybridized carbons (Fsp3) is 0.540. The smallest absolute Gasteiger partial charge is 0.408 e. The van der Waals surface area contributed by atoms with E-state index in [4.69, 9.17) is 9.26 Å². The average Bonchev–Trinajstić information content (AvgIpc) is 4.10. The Bertz CT molecular complexity index is 2640. The number of thiazole rings is 1. The van der Waals surface area contributed by atoms with Crippen LogP contribution >= 0.6 is 11.3 Å². The van der Waals surface area contributed by atoms with Crippen LogP contribution in [0.15, 0.2) is 52.5 Å². The van der Waals surface area contributed by atoms with Crippen molar-refractivity contribution in [2.24, 2.45) is 5.41 Å². The van der Waals surface area contributed by atoms with Crippen LogP contribution in [0.25, 0.3) is 21.4 Å². The molecule has 2 aromatic carbocycles. The van der Waals surface area contributed by atoms with Gasteiger partial charge in [0.25, 0.3) is 5.91 Å². The molecule has 376 valence electrons. The van der Waals surface area contributed by atoms with Crippen LogP contribution in [0.2, 0.25) is 0 Å². The highest BCUT2D eigenvalue weighted by molar-refractivity contribution is 7.13. The monoisotopic (exact) mass is 983 g/mol. The molecule has 0 unspecified atom stereocenters. The first kappa shape index (κ1) is 51.4. The third-order valence-corrected chi connectivity index (χ3v) is 14.1. The summed E-state index contributed by atoms with van der Waals surface area (Å²) in [5.74, 6) is -3.27. The lowest BCUT2D eigenvalue weighted by Gasteiger charge is -2.39. The van der Waals surface area contributed by atoms with Crippen molar-refractivity contribution in [3.8, 4) is 10.4 Å². The van der Waals surface area contributed by atoms with Gasteiger partial charge in [0.1, 0.15) is 29.8 Å². The fourth-order valence-electron chi connectivity index (χ4n) is 9.48. The number of likely N-dealkylation sites (tertiary alicyclic amines) is 1. The molecule has 19 nitrogen and oxygen atoms in total. The number of aryl methyl sites for hydroxylation is 2. The Balaban J connectivity index is 1.02. The number of hydrogen-bond acceptors (Lipinski definition) is 13. The Labute approximate surface area is 411 Å². The molecule has 0 aliphatic carbocycles. The Hall–Kier alpha value is -6.41. The van der Waals surface area contributed by atoms with Gasteiger partial charge in [-0.1, -0.05) is 61.8 Å². The number of β-amino-alcohol motifs (C(OH)–C–C–N with tert-alkyl or cyclic N) is 1. The number of rotatable bonds is 11. The summed E-state index contributed by atoms with van der Waals surface area (Å²) < 4.78 is 11.0. The molecule has 4 N–H and O–H groups in total. The van der Waals surface area contributed by atoms with Crippen molar-refractivity contribution in [2.45, 2.75) is 136 Å². The lowest BCUT2D eigenvalue weighted by Crippen LogP contribution is -2.62. The second kappa shape index (κ2) is 20.5. The fourth-order valence-corrected chi connectivity index (χ4v) is 10.3. The van der Waals surface area contributed by atoms with Crippen LogP contribution in [0.3, 0.4) is 0 Å². The first-order valence-corrected chi connectivity index (χ1v) is 24.6. The molecule has 0 spiro atoms. The van der Waals surface area contributed by atoms with Gasteiger partial charge in [-0.05, 0) is 89.5 Å². The molecule has 4 aromatic rings. The second-order valence-electron chi connectivity index (χ2n) is 20.8. The van der Waals surface area contributed by atoms with Crippen LogP contribution in [0, 0.1) is 19.3 Å². The standard InChI is InChI=1S/C50H65N9O10S/c1-27-11-18-38-34(21-27)40(55-69-38)46(65)57-20-19-32-16-17-36(59(32)44(63)35(24-57)53-48(67)68-50(7,8)9)45(64)56(10)25-39(61)54-42(49(4,5)6)47(66)58-23-33(60)22-37(58)43(62)52-28(2)30-12-14-31(15-13-30)41-29(3)51-26-70-41/h11-15,18,21,26,28,32-33,35-37,42,60H,16-17,19-20,22-25H2,1-10H3,(H,52,62)(H,53,67)(H,54,61)/t28-,32+,33+,35-,36-,37-,42+/m0/s1. The van der Waals surface area contributed by atoms with E-state index in [1.54, 1.807) is 70.5 Å². The Morgan fingerprint density at radius 2 is 1.67 bits per heavy atom. The number of benzene rings is 2. The van der Waals surface area contributed by atoms with Crippen LogP contribution in [0.4, 0.5) is 4.79 Å². The number of fused-ring (bicyclic) bond motifs is 2. The number of aliphatic hydroxyl groups excluding tert-OH is 1. The van der Waals surface area contributed by atoms with Crippen LogP contribution in [0.1, 0.15) is 108 Å². The van der Waals surface area contributed by atoms with Gasteiger partial charge in [-0.3, -0.25) is 28.8 Å². The molecule has 3 fully saturated rings. The third-order valence-electron chi connectivity index (χ3n) is 13.1. The van der Waals surface area contributed by atoms with Gasteiger partial charge in [-0.15, -0.1) is 11.3 Å². The molecule has 7 rings (SSSR count). The zero-order valence-corrected chi connectivity index (χ0v) is 42.3. The average molecular weight is 984 g/mol. The van der Waals surface area contributed by atoms with Gasteiger partial charge < -0.3 is 49.9 Å². The first-order valence-electron chi connectivity index (χ1n) is 23.7. The lowest BCUT2D eigenvalue weighted by atomic mass is 9.85. The van der Waals surface area contributed by atoms with Crippen molar-refractivity contribution >= 4 is 63.8 Å². The summed E-state index contributed by atoms with van der Waals surface area (Å²) in [6.07, 6.45) is -0.871. The first-order chi connectivity index (χ1) is 32.9. The van der Waals surface area contributed by atoms with Crippen molar-refractivity contribution in [1.29, 1.82) is 0 Å². The molecule has 20 heteroatoms. The maximum Gasteiger partial charge on any atom is 0.408 e. The van der Waals surface area contributed by atoms with E-state index in [2.05, 4.69) is 26.1 Å². The summed E-state index contributed by atoms with van der Waals surface area (Å²) in [6, 6.07) is 7.76. The Kier molecular flexibility index (Phi) is 15.1. The maximum atomic E-state index is 14.6. The normalized spacial score (nSPS) is 21.6. The topological polar surface area (TPSA) is 237 Å². The minimum absolute atomic E-state index is 0.00846. The van der Waals surface area contributed by atoms with Gasteiger partial charge in [0.2, 0.25) is 29.5 Å². The number of aromatic nitrogens is 2. The van der Waals surface area contributed by atoms with E-state index in [0.717, 1.165) is 27.3 Å². The number of amides is 7. The van der Waals surface area contributed by atoms with Crippen LogP contribution in [0.5, 0.6) is 0 Å². The van der Waals surface area contributed by atoms with Crippen molar-refractivity contribution < 1.29 is 47.9 Å². The molecule has 0 bridgehead atoms. The number of aliphatic hydroxyl groups is 1. The van der Waals surface area contributed by atoms with E-state index < -0.39 is 101 Å². The Morgan fingerprint density at radius 3 is 2.33 bits per heavy atom. The molecule has 3 aliphatic rings. The predicted octanol–water partition coefficient (Wildman–Crippen LogP) is 4.50. The number of alkyl carbamates (subject to hydrolysis) is 1. The van der Waals surface area contributed by atoms with E-state index in [-0.39, 0.29) is 38.2 Å². The summed E-state index contributed by atoms with van der Waals surface area (Å²) in [4.78, 5) is 109. The minimum Gasteiger partial charge on any atom is -0.444 e. The quantitative estimate of drug-likeness (QED) is 0.163. The number of carbonyl (C=O) groups excluding carboxylic acids is 7. The predicted molar refractivity (Wildman–Crippen MR) is 260 cm³/mol. The maximum absolute atomic E-state index is 14.6. The number of hydrogen-bond donors (Lipinski definition) is 4. The number of ether oxygens (including phenoxy) is 1. The highest BCUT2D eigenvalue weighted by Gasteiger charge is 2.48. The molecule has 7 amide bonds. The van der Waals surface area contributed by atoms with Gasteiger partial charge in [0.15, 0.2) is 11.3 Å². The second-order valence-corrected chi connectivity index (χ2v) is 21.7. The van der Waals surface area contributed by atoms with E-state index in [1.807, 2.05) is 51.1 Å².